The Kier molecular flexibility index (Phi) is 5.99. The molecule has 0 bridgehead atoms. The number of nitrogens with one attached hydrogen (secondary N) is 1. The average Bonchev–Trinajstić information content (AvgIpc) is 3.03. The summed E-state index contributed by atoms with van der Waals surface area (Å²) in [6, 6.07) is 0.748. The number of thiocarbonyl (C=S) groups is 1. The summed E-state index contributed by atoms with van der Waals surface area (Å²) < 4.78 is 0. The monoisotopic (exact) mass is 228 g/mol. The lowest BCUT2D eigenvalue weighted by atomic mass is 10.3. The van der Waals surface area contributed by atoms with E-state index in [9.17, 15) is 0 Å². The maximum absolute atomic E-state index is 5.43. The van der Waals surface area contributed by atoms with Crippen LogP contribution in [0.2, 0.25) is 0 Å². The Labute approximate surface area is 99.4 Å². The third-order valence-corrected chi connectivity index (χ3v) is 3.19. The molecule has 0 atom stereocenters. The maximum atomic E-state index is 5.43. The fourth-order valence-electron chi connectivity index (χ4n) is 1.64. The Bertz CT molecular complexity index is 190. The van der Waals surface area contributed by atoms with Gasteiger partial charge in [0.2, 0.25) is 0 Å². The van der Waals surface area contributed by atoms with E-state index in [2.05, 4.69) is 24.1 Å². The Morgan fingerprint density at radius 3 is 2.47 bits per heavy atom. The van der Waals surface area contributed by atoms with Gasteiger partial charge < -0.3 is 10.2 Å². The summed E-state index contributed by atoms with van der Waals surface area (Å²) in [6.45, 7) is 6.61. The zero-order chi connectivity index (χ0) is 11.1. The Hall–Kier alpha value is -0.310. The first kappa shape index (κ1) is 12.8. The van der Waals surface area contributed by atoms with Crippen molar-refractivity contribution in [2.45, 2.75) is 58.4 Å². The van der Waals surface area contributed by atoms with Crippen molar-refractivity contribution >= 4 is 17.3 Å². The summed E-state index contributed by atoms with van der Waals surface area (Å²) in [6.07, 6.45) is 7.62. The van der Waals surface area contributed by atoms with Crippen molar-refractivity contribution in [3.8, 4) is 0 Å². The zero-order valence-corrected chi connectivity index (χ0v) is 10.9. The lowest BCUT2D eigenvalue weighted by Gasteiger charge is -2.25. The first-order valence-electron chi connectivity index (χ1n) is 6.34. The van der Waals surface area contributed by atoms with Gasteiger partial charge in [-0.25, -0.2) is 0 Å². The smallest absolute Gasteiger partial charge is 0.169 e. The van der Waals surface area contributed by atoms with E-state index in [1.54, 1.807) is 0 Å². The summed E-state index contributed by atoms with van der Waals surface area (Å²) in [5.74, 6) is 0. The molecule has 0 unspecified atom stereocenters. The van der Waals surface area contributed by atoms with Crippen molar-refractivity contribution < 1.29 is 0 Å². The molecular formula is C12H24N2S. The topological polar surface area (TPSA) is 15.3 Å². The van der Waals surface area contributed by atoms with E-state index in [0.29, 0.717) is 0 Å². The highest BCUT2D eigenvalue weighted by molar-refractivity contribution is 7.80. The van der Waals surface area contributed by atoms with E-state index in [0.717, 1.165) is 24.2 Å². The second kappa shape index (κ2) is 7.04. The third kappa shape index (κ3) is 4.83. The summed E-state index contributed by atoms with van der Waals surface area (Å²) >= 11 is 5.43. The molecule has 0 aromatic heterocycles. The fraction of sp³-hybridized carbons (Fsp3) is 0.917. The third-order valence-electron chi connectivity index (χ3n) is 2.81. The van der Waals surface area contributed by atoms with Gasteiger partial charge >= 0.3 is 0 Å². The van der Waals surface area contributed by atoms with Crippen molar-refractivity contribution in [3.05, 3.63) is 0 Å². The van der Waals surface area contributed by atoms with E-state index in [4.69, 9.17) is 12.2 Å². The van der Waals surface area contributed by atoms with Gasteiger partial charge in [0, 0.05) is 19.1 Å². The molecule has 15 heavy (non-hydrogen) atoms. The molecule has 1 saturated carbocycles. The van der Waals surface area contributed by atoms with Gasteiger partial charge in [0.05, 0.1) is 0 Å². The molecule has 1 aliphatic rings. The highest BCUT2D eigenvalue weighted by atomic mass is 32.1. The van der Waals surface area contributed by atoms with Crippen LogP contribution in [0.4, 0.5) is 0 Å². The molecule has 0 aromatic carbocycles. The number of unbranched alkanes of at least 4 members (excludes halogenated alkanes) is 2. The quantitative estimate of drug-likeness (QED) is 0.533. The largest absolute Gasteiger partial charge is 0.363 e. The van der Waals surface area contributed by atoms with E-state index in [1.807, 2.05) is 0 Å². The lowest BCUT2D eigenvalue weighted by Crippen LogP contribution is -2.42. The van der Waals surface area contributed by atoms with Crippen LogP contribution in [0.25, 0.3) is 0 Å². The lowest BCUT2D eigenvalue weighted by molar-refractivity contribution is 0.392. The summed E-state index contributed by atoms with van der Waals surface area (Å²) in [7, 11) is 0. The molecule has 1 N–H and O–H groups in total. The first-order chi connectivity index (χ1) is 7.29. The van der Waals surface area contributed by atoms with E-state index in [-0.39, 0.29) is 0 Å². The van der Waals surface area contributed by atoms with Crippen LogP contribution in [-0.2, 0) is 0 Å². The molecule has 0 spiro atoms. The van der Waals surface area contributed by atoms with Gasteiger partial charge in [0.25, 0.3) is 0 Å². The van der Waals surface area contributed by atoms with Crippen LogP contribution in [0.1, 0.15) is 52.4 Å². The Balaban J connectivity index is 2.24. The molecule has 0 heterocycles. The van der Waals surface area contributed by atoms with Crippen molar-refractivity contribution in [2.75, 3.05) is 13.1 Å². The molecule has 0 amide bonds. The average molecular weight is 228 g/mol. The van der Waals surface area contributed by atoms with Crippen LogP contribution in [0.15, 0.2) is 0 Å². The molecule has 1 rings (SSSR count). The number of nitrogens with zero attached hydrogens (tertiary/aromatic N) is 1. The second-order valence-electron chi connectivity index (χ2n) is 4.36. The molecule has 0 aromatic rings. The predicted octanol–water partition coefficient (Wildman–Crippen LogP) is 2.93. The van der Waals surface area contributed by atoms with Crippen LogP contribution in [0, 0.1) is 0 Å². The standard InChI is InChI=1S/C12H24N2S/c1-3-5-9-13-12(15)14(10-6-4-2)11-7-8-11/h11H,3-10H2,1-2H3,(H,13,15). The molecule has 2 nitrogen and oxygen atoms in total. The van der Waals surface area contributed by atoms with E-state index < -0.39 is 0 Å². The minimum Gasteiger partial charge on any atom is -0.363 e. The predicted molar refractivity (Wildman–Crippen MR) is 70.1 cm³/mol. The van der Waals surface area contributed by atoms with Crippen molar-refractivity contribution in [3.63, 3.8) is 0 Å². The van der Waals surface area contributed by atoms with Gasteiger partial charge in [-0.15, -0.1) is 0 Å². The highest BCUT2D eigenvalue weighted by Crippen LogP contribution is 2.27. The molecule has 0 saturated heterocycles. The van der Waals surface area contributed by atoms with Crippen molar-refractivity contribution in [1.82, 2.24) is 10.2 Å². The van der Waals surface area contributed by atoms with Crippen LogP contribution in [0.3, 0.4) is 0 Å². The van der Waals surface area contributed by atoms with E-state index >= 15 is 0 Å². The number of rotatable bonds is 7. The van der Waals surface area contributed by atoms with Gasteiger partial charge in [-0.05, 0) is 37.9 Å². The Morgan fingerprint density at radius 1 is 1.27 bits per heavy atom. The fourth-order valence-corrected chi connectivity index (χ4v) is 1.98. The van der Waals surface area contributed by atoms with E-state index in [1.165, 1.54) is 38.5 Å². The van der Waals surface area contributed by atoms with Crippen molar-refractivity contribution in [1.29, 1.82) is 0 Å². The normalized spacial score (nSPS) is 15.1. The number of hydrogen-bond acceptors (Lipinski definition) is 1. The molecular weight excluding hydrogens is 204 g/mol. The highest BCUT2D eigenvalue weighted by Gasteiger charge is 2.29. The second-order valence-corrected chi connectivity index (χ2v) is 4.75. The molecule has 3 heteroatoms. The van der Waals surface area contributed by atoms with Gasteiger partial charge in [-0.1, -0.05) is 26.7 Å². The molecule has 1 aliphatic carbocycles. The van der Waals surface area contributed by atoms with Crippen LogP contribution in [-0.4, -0.2) is 29.1 Å². The summed E-state index contributed by atoms with van der Waals surface area (Å²) in [4.78, 5) is 2.40. The molecule has 88 valence electrons. The van der Waals surface area contributed by atoms with Gasteiger partial charge in [0.1, 0.15) is 0 Å². The zero-order valence-electron chi connectivity index (χ0n) is 10.1. The van der Waals surface area contributed by atoms with Crippen LogP contribution in [0.5, 0.6) is 0 Å². The minimum atomic E-state index is 0.748. The van der Waals surface area contributed by atoms with Gasteiger partial charge in [-0.3, -0.25) is 0 Å². The van der Waals surface area contributed by atoms with Gasteiger partial charge in [-0.2, -0.15) is 0 Å². The number of hydrogen-bond donors (Lipinski definition) is 1. The Morgan fingerprint density at radius 2 is 1.93 bits per heavy atom. The molecule has 1 fully saturated rings. The molecule has 0 radical (unpaired) electrons. The van der Waals surface area contributed by atoms with Gasteiger partial charge in [0.15, 0.2) is 5.11 Å². The first-order valence-corrected chi connectivity index (χ1v) is 6.74. The SMILES string of the molecule is CCCCNC(=S)N(CCCC)C1CC1. The summed E-state index contributed by atoms with van der Waals surface area (Å²) in [5.41, 5.74) is 0. The minimum absolute atomic E-state index is 0.748. The van der Waals surface area contributed by atoms with Crippen molar-refractivity contribution in [2.24, 2.45) is 0 Å². The van der Waals surface area contributed by atoms with Crippen LogP contribution < -0.4 is 5.32 Å². The summed E-state index contributed by atoms with van der Waals surface area (Å²) in [5, 5.41) is 4.36. The molecule has 0 aliphatic heterocycles. The maximum Gasteiger partial charge on any atom is 0.169 e. The van der Waals surface area contributed by atoms with Crippen LogP contribution >= 0.6 is 12.2 Å².